The molecule has 0 amide bonds. The molecule has 40 heavy (non-hydrogen) atoms. The Bertz CT molecular complexity index is 1450. The van der Waals surface area contributed by atoms with Gasteiger partial charge >= 0.3 is 0 Å². The molecule has 0 fully saturated rings. The molecule has 3 N–H and O–H groups in total. The molecule has 7 nitrogen and oxygen atoms in total. The molecule has 0 radical (unpaired) electrons. The zero-order valence-corrected chi connectivity index (χ0v) is 22.4. The summed E-state index contributed by atoms with van der Waals surface area (Å²) in [6.07, 6.45) is 3.49. The fourth-order valence-corrected chi connectivity index (χ4v) is 4.88. The monoisotopic (exact) mass is 532 g/mol. The molecule has 7 heteroatoms. The first-order valence-electron chi connectivity index (χ1n) is 13.1. The number of para-hydroxylation sites is 4. The van der Waals surface area contributed by atoms with Gasteiger partial charge in [0.15, 0.2) is 0 Å². The zero-order valence-electron chi connectivity index (χ0n) is 22.4. The predicted molar refractivity (Wildman–Crippen MR) is 157 cm³/mol. The summed E-state index contributed by atoms with van der Waals surface area (Å²) in [5.74, 6) is 0.493. The van der Waals surface area contributed by atoms with Crippen LogP contribution in [0.3, 0.4) is 0 Å². The third kappa shape index (κ3) is 6.32. The van der Waals surface area contributed by atoms with E-state index < -0.39 is 0 Å². The zero-order chi connectivity index (χ0) is 27.9. The molecule has 0 aliphatic rings. The largest absolute Gasteiger partial charge is 0.507 e. The number of hydrogen-bond acceptors (Lipinski definition) is 7. The van der Waals surface area contributed by atoms with Crippen LogP contribution in [0.2, 0.25) is 0 Å². The van der Waals surface area contributed by atoms with E-state index in [2.05, 4.69) is 9.97 Å². The third-order valence-corrected chi connectivity index (χ3v) is 6.74. The van der Waals surface area contributed by atoms with Gasteiger partial charge in [-0.05, 0) is 55.5 Å². The first-order chi connectivity index (χ1) is 19.5. The highest BCUT2D eigenvalue weighted by molar-refractivity contribution is 5.60. The van der Waals surface area contributed by atoms with Crippen LogP contribution in [0.1, 0.15) is 28.1 Å². The summed E-state index contributed by atoms with van der Waals surface area (Å²) in [5, 5.41) is 32.9. The Morgan fingerprint density at radius 1 is 0.550 bits per heavy atom. The van der Waals surface area contributed by atoms with Crippen molar-refractivity contribution in [2.24, 2.45) is 0 Å². The lowest BCUT2D eigenvalue weighted by Gasteiger charge is -2.28. The Kier molecular flexibility index (Phi) is 8.11. The summed E-state index contributed by atoms with van der Waals surface area (Å²) in [7, 11) is 0. The van der Waals surface area contributed by atoms with Crippen molar-refractivity contribution in [3.05, 3.63) is 138 Å². The number of benzene rings is 3. The SMILES string of the molecule is Cc1cc(CN(Cc2ccccn2)c2ccccc2O)c(O)c(CN(Cc2ccccn2)c2ccccc2O)c1. The molecule has 3 aromatic carbocycles. The predicted octanol–water partition coefficient (Wildman–Crippen LogP) is 6.32. The highest BCUT2D eigenvalue weighted by Crippen LogP contribution is 2.35. The summed E-state index contributed by atoms with van der Waals surface area (Å²) < 4.78 is 0. The number of anilines is 2. The van der Waals surface area contributed by atoms with Crippen LogP contribution in [0.15, 0.2) is 109 Å². The maximum atomic E-state index is 11.6. The van der Waals surface area contributed by atoms with Crippen LogP contribution in [0, 0.1) is 6.92 Å². The minimum Gasteiger partial charge on any atom is -0.507 e. The summed E-state index contributed by atoms with van der Waals surface area (Å²) in [6, 6.07) is 29.8. The van der Waals surface area contributed by atoms with Crippen molar-refractivity contribution in [2.75, 3.05) is 9.80 Å². The van der Waals surface area contributed by atoms with Crippen LogP contribution in [0.4, 0.5) is 11.4 Å². The molecule has 2 aromatic heterocycles. The Labute approximate surface area is 234 Å². The van der Waals surface area contributed by atoms with Gasteiger partial charge in [-0.2, -0.15) is 0 Å². The van der Waals surface area contributed by atoms with Gasteiger partial charge in [0.1, 0.15) is 17.2 Å². The fraction of sp³-hybridized carbons (Fsp3) is 0.152. The van der Waals surface area contributed by atoms with Crippen LogP contribution in [0.5, 0.6) is 17.2 Å². The maximum absolute atomic E-state index is 11.6. The Balaban J connectivity index is 1.49. The number of phenols is 3. The second-order valence-electron chi connectivity index (χ2n) is 9.76. The van der Waals surface area contributed by atoms with Crippen LogP contribution in [-0.4, -0.2) is 25.3 Å². The number of aromatic hydroxyl groups is 3. The van der Waals surface area contributed by atoms with Crippen LogP contribution in [-0.2, 0) is 26.2 Å². The molecule has 2 heterocycles. The summed E-state index contributed by atoms with van der Waals surface area (Å²) in [4.78, 5) is 13.0. The molecule has 0 aliphatic heterocycles. The number of pyridine rings is 2. The van der Waals surface area contributed by atoms with E-state index >= 15 is 0 Å². The van der Waals surface area contributed by atoms with Crippen molar-refractivity contribution in [3.8, 4) is 17.2 Å². The van der Waals surface area contributed by atoms with E-state index in [9.17, 15) is 15.3 Å². The molecule has 5 rings (SSSR count). The number of aromatic nitrogens is 2. The van der Waals surface area contributed by atoms with Gasteiger partial charge in [0.25, 0.3) is 0 Å². The smallest absolute Gasteiger partial charge is 0.138 e. The minimum atomic E-state index is 0.159. The van der Waals surface area contributed by atoms with E-state index in [-0.39, 0.29) is 17.2 Å². The van der Waals surface area contributed by atoms with E-state index in [4.69, 9.17) is 0 Å². The molecule has 202 valence electrons. The van der Waals surface area contributed by atoms with E-state index in [1.165, 1.54) is 0 Å². The molecule has 5 aromatic rings. The van der Waals surface area contributed by atoms with Gasteiger partial charge in [-0.1, -0.05) is 54.1 Å². The van der Waals surface area contributed by atoms with Gasteiger partial charge in [-0.25, -0.2) is 0 Å². The minimum absolute atomic E-state index is 0.159. The van der Waals surface area contributed by atoms with Gasteiger partial charge in [0.05, 0.1) is 35.9 Å². The van der Waals surface area contributed by atoms with Crippen molar-refractivity contribution in [1.29, 1.82) is 0 Å². The van der Waals surface area contributed by atoms with E-state index in [0.29, 0.717) is 37.6 Å². The van der Waals surface area contributed by atoms with Crippen molar-refractivity contribution in [1.82, 2.24) is 9.97 Å². The quantitative estimate of drug-likeness (QED) is 0.194. The Morgan fingerprint density at radius 2 is 0.975 bits per heavy atom. The van der Waals surface area contributed by atoms with Gasteiger partial charge in [0.2, 0.25) is 0 Å². The standard InChI is InChI=1S/C33H32N4O3/c1-24-18-25(20-36(22-27-10-6-8-16-34-27)29-12-2-4-14-31(29)38)33(40)26(19-24)21-37(23-28-11-7-9-17-35-28)30-13-3-5-15-32(30)39/h2-19,38-40H,20-23H2,1H3. The lowest BCUT2D eigenvalue weighted by molar-refractivity contribution is 0.455. The molecule has 0 unspecified atom stereocenters. The molecule has 0 atom stereocenters. The van der Waals surface area contributed by atoms with E-state index in [0.717, 1.165) is 28.1 Å². The number of hydrogen-bond donors (Lipinski definition) is 3. The number of aryl methyl sites for hydroxylation is 1. The molecule has 0 aliphatic carbocycles. The van der Waals surface area contributed by atoms with Crippen molar-refractivity contribution >= 4 is 11.4 Å². The highest BCUT2D eigenvalue weighted by Gasteiger charge is 2.20. The van der Waals surface area contributed by atoms with Gasteiger partial charge in [-0.3, -0.25) is 9.97 Å². The number of nitrogens with zero attached hydrogens (tertiary/aromatic N) is 4. The fourth-order valence-electron chi connectivity index (χ4n) is 4.88. The second kappa shape index (κ2) is 12.2. The van der Waals surface area contributed by atoms with Gasteiger partial charge in [0, 0.05) is 36.6 Å². The third-order valence-electron chi connectivity index (χ3n) is 6.74. The topological polar surface area (TPSA) is 93.0 Å². The first kappa shape index (κ1) is 26.6. The maximum Gasteiger partial charge on any atom is 0.138 e. The Morgan fingerprint density at radius 3 is 1.38 bits per heavy atom. The normalized spacial score (nSPS) is 10.8. The molecular formula is C33H32N4O3. The molecular weight excluding hydrogens is 500 g/mol. The number of rotatable bonds is 10. The van der Waals surface area contributed by atoms with Crippen molar-refractivity contribution in [2.45, 2.75) is 33.1 Å². The molecule has 0 spiro atoms. The first-order valence-corrected chi connectivity index (χ1v) is 13.1. The Hall–Kier alpha value is -5.04. The van der Waals surface area contributed by atoms with Gasteiger partial charge < -0.3 is 25.1 Å². The summed E-state index contributed by atoms with van der Waals surface area (Å²) in [5.41, 5.74) is 5.45. The van der Waals surface area contributed by atoms with Crippen LogP contribution < -0.4 is 9.80 Å². The number of phenolic OH excluding ortho intramolecular Hbond substituents is 3. The second-order valence-corrected chi connectivity index (χ2v) is 9.76. The van der Waals surface area contributed by atoms with Crippen LogP contribution in [0.25, 0.3) is 0 Å². The van der Waals surface area contributed by atoms with Crippen molar-refractivity contribution < 1.29 is 15.3 Å². The lowest BCUT2D eigenvalue weighted by Crippen LogP contribution is -2.24. The summed E-state index contributed by atoms with van der Waals surface area (Å²) >= 11 is 0. The lowest BCUT2D eigenvalue weighted by atomic mass is 10.0. The highest BCUT2D eigenvalue weighted by atomic mass is 16.3. The average molecular weight is 533 g/mol. The summed E-state index contributed by atoms with van der Waals surface area (Å²) in [6.45, 7) is 3.60. The molecule has 0 saturated heterocycles. The van der Waals surface area contributed by atoms with Crippen LogP contribution >= 0.6 is 0 Å². The molecule has 0 saturated carbocycles. The van der Waals surface area contributed by atoms with Crippen molar-refractivity contribution in [3.63, 3.8) is 0 Å². The van der Waals surface area contributed by atoms with E-state index in [1.54, 1.807) is 36.7 Å². The molecule has 0 bridgehead atoms. The van der Waals surface area contributed by atoms with Gasteiger partial charge in [-0.15, -0.1) is 0 Å². The van der Waals surface area contributed by atoms with E-state index in [1.807, 2.05) is 89.5 Å². The average Bonchev–Trinajstić information content (AvgIpc) is 2.96.